The van der Waals surface area contributed by atoms with Gasteiger partial charge in [0.15, 0.2) is 11.5 Å². The first-order valence-corrected chi connectivity index (χ1v) is 9.50. The second-order valence-corrected chi connectivity index (χ2v) is 7.81. The number of ether oxygens (including phenoxy) is 3. The first-order valence-electron chi connectivity index (χ1n) is 9.50. The van der Waals surface area contributed by atoms with Crippen LogP contribution >= 0.6 is 0 Å². The lowest BCUT2D eigenvalue weighted by molar-refractivity contribution is -0.119. The lowest BCUT2D eigenvalue weighted by Crippen LogP contribution is -2.20. The number of carbonyl (C=O) groups is 1. The molecule has 0 radical (unpaired) electrons. The van der Waals surface area contributed by atoms with Gasteiger partial charge in [0.2, 0.25) is 6.79 Å². The first kappa shape index (κ1) is 16.5. The maximum absolute atomic E-state index is 12.5. The number of nitrogens with zero attached hydrogens (tertiary/aromatic N) is 1. The summed E-state index contributed by atoms with van der Waals surface area (Å²) in [5.41, 5.74) is 4.37. The zero-order valence-electron chi connectivity index (χ0n) is 15.7. The van der Waals surface area contributed by atoms with Crippen molar-refractivity contribution in [3.8, 4) is 17.2 Å². The summed E-state index contributed by atoms with van der Waals surface area (Å²) in [4.78, 5) is 14.6. The summed E-state index contributed by atoms with van der Waals surface area (Å²) in [6.45, 7) is 0.240. The highest BCUT2D eigenvalue weighted by molar-refractivity contribution is 5.85. The molecule has 1 unspecified atom stereocenters. The van der Waals surface area contributed by atoms with Crippen LogP contribution < -0.4 is 19.1 Å². The zero-order valence-corrected chi connectivity index (χ0v) is 15.7. The number of hydrogen-bond acceptors (Lipinski definition) is 5. The minimum absolute atomic E-state index is 0.0132. The van der Waals surface area contributed by atoms with Crippen LogP contribution in [0.3, 0.4) is 0 Å². The molecule has 2 aliphatic carbocycles. The average molecular weight is 365 g/mol. The van der Waals surface area contributed by atoms with Crippen molar-refractivity contribution in [3.63, 3.8) is 0 Å². The SMILES string of the molecule is CN(C)c1ccc(C2CC(=O)Cc3cc4c(cc32)OCO4)c(OC2CC2)c1. The van der Waals surface area contributed by atoms with Gasteiger partial charge in [0.25, 0.3) is 0 Å². The van der Waals surface area contributed by atoms with Crippen LogP contribution in [-0.4, -0.2) is 32.8 Å². The highest BCUT2D eigenvalue weighted by Crippen LogP contribution is 2.46. The van der Waals surface area contributed by atoms with E-state index in [0.717, 1.165) is 52.5 Å². The van der Waals surface area contributed by atoms with Crippen LogP contribution in [0, 0.1) is 0 Å². The van der Waals surface area contributed by atoms with E-state index < -0.39 is 0 Å². The van der Waals surface area contributed by atoms with Gasteiger partial charge in [0.1, 0.15) is 11.5 Å². The number of anilines is 1. The van der Waals surface area contributed by atoms with E-state index in [4.69, 9.17) is 14.2 Å². The first-order chi connectivity index (χ1) is 13.1. The van der Waals surface area contributed by atoms with Crippen molar-refractivity contribution in [3.05, 3.63) is 47.0 Å². The third-order valence-corrected chi connectivity index (χ3v) is 5.54. The van der Waals surface area contributed by atoms with Crippen LogP contribution in [0.2, 0.25) is 0 Å². The molecule has 2 aromatic carbocycles. The van der Waals surface area contributed by atoms with Crippen molar-refractivity contribution >= 4 is 11.5 Å². The van der Waals surface area contributed by atoms with Crippen LogP contribution in [0.1, 0.15) is 41.9 Å². The molecule has 1 aliphatic heterocycles. The Hall–Kier alpha value is -2.69. The molecule has 1 atom stereocenters. The van der Waals surface area contributed by atoms with Gasteiger partial charge < -0.3 is 19.1 Å². The molecule has 5 rings (SSSR count). The minimum atomic E-state index is -0.0132. The highest BCUT2D eigenvalue weighted by atomic mass is 16.7. The third-order valence-electron chi connectivity index (χ3n) is 5.54. The molecule has 5 heteroatoms. The smallest absolute Gasteiger partial charge is 0.231 e. The summed E-state index contributed by atoms with van der Waals surface area (Å²) in [7, 11) is 4.05. The largest absolute Gasteiger partial charge is 0.490 e. The van der Waals surface area contributed by atoms with E-state index in [1.54, 1.807) is 0 Å². The van der Waals surface area contributed by atoms with Gasteiger partial charge in [-0.25, -0.2) is 0 Å². The molecule has 0 spiro atoms. The van der Waals surface area contributed by atoms with E-state index in [2.05, 4.69) is 29.2 Å². The number of fused-ring (bicyclic) bond motifs is 2. The highest BCUT2D eigenvalue weighted by Gasteiger charge is 2.33. The quantitative estimate of drug-likeness (QED) is 0.827. The Kier molecular flexibility index (Phi) is 3.78. The molecule has 2 aromatic rings. The summed E-state index contributed by atoms with van der Waals surface area (Å²) in [6.07, 6.45) is 3.46. The van der Waals surface area contributed by atoms with Crippen molar-refractivity contribution in [2.75, 3.05) is 25.8 Å². The van der Waals surface area contributed by atoms with E-state index in [9.17, 15) is 4.79 Å². The van der Waals surface area contributed by atoms with Crippen molar-refractivity contribution in [1.29, 1.82) is 0 Å². The van der Waals surface area contributed by atoms with Gasteiger partial charge in [0.05, 0.1) is 6.10 Å². The predicted molar refractivity (Wildman–Crippen MR) is 102 cm³/mol. The standard InChI is InChI=1S/C22H23NO4/c1-23(2)14-3-6-17(20(9-14)27-16-4-5-16)19-10-15(24)7-13-8-21-22(11-18(13)19)26-12-25-21/h3,6,8-9,11,16,19H,4-5,7,10,12H2,1-2H3. The molecule has 3 aliphatic rings. The molecule has 0 aromatic heterocycles. The Morgan fingerprint density at radius 3 is 2.56 bits per heavy atom. The third kappa shape index (κ3) is 3.01. The summed E-state index contributed by atoms with van der Waals surface area (Å²) in [5, 5.41) is 0. The topological polar surface area (TPSA) is 48.0 Å². The fraction of sp³-hybridized carbons (Fsp3) is 0.409. The Morgan fingerprint density at radius 1 is 1.04 bits per heavy atom. The van der Waals surface area contributed by atoms with Gasteiger partial charge in [-0.15, -0.1) is 0 Å². The fourth-order valence-electron chi connectivity index (χ4n) is 3.93. The molecule has 140 valence electrons. The van der Waals surface area contributed by atoms with Gasteiger partial charge in [-0.1, -0.05) is 6.07 Å². The summed E-state index contributed by atoms with van der Waals surface area (Å²) in [5.74, 6) is 2.63. The lowest BCUT2D eigenvalue weighted by Gasteiger charge is -2.28. The number of ketones is 1. The second kappa shape index (κ2) is 6.19. The Balaban J connectivity index is 1.61. The number of Topliss-reactive ketones (excluding diaryl/α,β-unsaturated/α-hetero) is 1. The van der Waals surface area contributed by atoms with Crippen LogP contribution in [0.4, 0.5) is 5.69 Å². The van der Waals surface area contributed by atoms with Gasteiger partial charge in [-0.3, -0.25) is 4.79 Å². The number of rotatable bonds is 4. The van der Waals surface area contributed by atoms with Crippen molar-refractivity contribution in [1.82, 2.24) is 0 Å². The molecule has 1 heterocycles. The van der Waals surface area contributed by atoms with E-state index in [-0.39, 0.29) is 18.5 Å². The van der Waals surface area contributed by atoms with Crippen LogP contribution in [0.15, 0.2) is 30.3 Å². The van der Waals surface area contributed by atoms with Crippen LogP contribution in [0.5, 0.6) is 17.2 Å². The number of carbonyl (C=O) groups excluding carboxylic acids is 1. The second-order valence-electron chi connectivity index (χ2n) is 7.81. The predicted octanol–water partition coefficient (Wildman–Crippen LogP) is 3.67. The van der Waals surface area contributed by atoms with Crippen molar-refractivity contribution in [2.45, 2.75) is 37.7 Å². The van der Waals surface area contributed by atoms with E-state index in [1.807, 2.05) is 20.2 Å². The molecular formula is C22H23NO4. The van der Waals surface area contributed by atoms with Gasteiger partial charge in [-0.2, -0.15) is 0 Å². The van der Waals surface area contributed by atoms with Gasteiger partial charge in [-0.05, 0) is 42.2 Å². The molecule has 27 heavy (non-hydrogen) atoms. The molecule has 1 fully saturated rings. The van der Waals surface area contributed by atoms with E-state index in [1.165, 1.54) is 0 Å². The average Bonchev–Trinajstić information content (AvgIpc) is 3.34. The number of benzene rings is 2. The monoisotopic (exact) mass is 365 g/mol. The molecule has 0 amide bonds. The lowest BCUT2D eigenvalue weighted by atomic mass is 9.77. The maximum Gasteiger partial charge on any atom is 0.231 e. The van der Waals surface area contributed by atoms with Gasteiger partial charge >= 0.3 is 0 Å². The Bertz CT molecular complexity index is 917. The fourth-order valence-corrected chi connectivity index (χ4v) is 3.93. The maximum atomic E-state index is 12.5. The summed E-state index contributed by atoms with van der Waals surface area (Å²) in [6, 6.07) is 10.3. The molecular weight excluding hydrogens is 342 g/mol. The summed E-state index contributed by atoms with van der Waals surface area (Å²) < 4.78 is 17.3. The molecule has 5 nitrogen and oxygen atoms in total. The minimum Gasteiger partial charge on any atom is -0.490 e. The van der Waals surface area contributed by atoms with Crippen molar-refractivity contribution < 1.29 is 19.0 Å². The molecule has 0 saturated heterocycles. The van der Waals surface area contributed by atoms with Crippen LogP contribution in [0.25, 0.3) is 0 Å². The summed E-state index contributed by atoms with van der Waals surface area (Å²) >= 11 is 0. The molecule has 0 bridgehead atoms. The van der Waals surface area contributed by atoms with Gasteiger partial charge in [0, 0.05) is 50.2 Å². The molecule has 0 N–H and O–H groups in total. The van der Waals surface area contributed by atoms with E-state index in [0.29, 0.717) is 18.9 Å². The van der Waals surface area contributed by atoms with Crippen molar-refractivity contribution in [2.24, 2.45) is 0 Å². The molecule has 1 saturated carbocycles. The normalized spacial score (nSPS) is 20.4. The Labute approximate surface area is 158 Å². The number of hydrogen-bond donors (Lipinski definition) is 0. The van der Waals surface area contributed by atoms with E-state index >= 15 is 0 Å². The zero-order chi connectivity index (χ0) is 18.5. The Morgan fingerprint density at radius 2 is 1.81 bits per heavy atom. The van der Waals surface area contributed by atoms with Crippen LogP contribution in [-0.2, 0) is 11.2 Å².